The fourth-order valence-corrected chi connectivity index (χ4v) is 6.27. The quantitative estimate of drug-likeness (QED) is 0.313. The largest absolute Gasteiger partial charge is 0.372 e. The number of aromatic nitrogens is 2. The Morgan fingerprint density at radius 2 is 2.00 bits per heavy atom. The molecule has 1 spiro atoms. The Hall–Kier alpha value is -3.99. The number of piperidine rings is 1. The Bertz CT molecular complexity index is 1480. The van der Waals surface area contributed by atoms with E-state index in [-0.39, 0.29) is 53.6 Å². The number of carbonyl (C=O) groups excluding carboxylic acids is 4. The molecule has 3 aliphatic rings. The van der Waals surface area contributed by atoms with Crippen molar-refractivity contribution < 1.29 is 32.8 Å². The lowest BCUT2D eigenvalue weighted by Crippen LogP contribution is -2.72. The molecule has 38 heavy (non-hydrogen) atoms. The van der Waals surface area contributed by atoms with Crippen LogP contribution in [0.25, 0.3) is 11.0 Å². The number of pyridine rings is 1. The number of benzene rings is 1. The summed E-state index contributed by atoms with van der Waals surface area (Å²) in [5.74, 6) is -2.95. The van der Waals surface area contributed by atoms with Gasteiger partial charge in [-0.2, -0.15) is 0 Å². The van der Waals surface area contributed by atoms with Crippen LogP contribution < -0.4 is 10.2 Å². The molecule has 6 rings (SSSR count). The first-order valence-electron chi connectivity index (χ1n) is 12.5. The van der Waals surface area contributed by atoms with Gasteiger partial charge in [-0.1, -0.05) is 5.16 Å². The Balaban J connectivity index is 1.46. The first-order chi connectivity index (χ1) is 18.2. The number of fused-ring (bicyclic) bond motifs is 5. The maximum atomic E-state index is 16.1. The van der Waals surface area contributed by atoms with Gasteiger partial charge in [0.05, 0.1) is 35.7 Å². The second-order valence-electron chi connectivity index (χ2n) is 10.3. The number of imide groups is 1. The van der Waals surface area contributed by atoms with Gasteiger partial charge in [0.2, 0.25) is 17.4 Å². The number of hydrogen-bond donors (Lipinski definition) is 1. The number of carbonyl (C=O) groups is 4. The van der Waals surface area contributed by atoms with Crippen molar-refractivity contribution in [1.29, 1.82) is 0 Å². The van der Waals surface area contributed by atoms with E-state index in [0.717, 1.165) is 5.56 Å². The smallest absolute Gasteiger partial charge is 0.242 e. The third-order valence-electron chi connectivity index (χ3n) is 7.83. The maximum absolute atomic E-state index is 16.1. The van der Waals surface area contributed by atoms with Crippen LogP contribution in [0.15, 0.2) is 35.1 Å². The van der Waals surface area contributed by atoms with Gasteiger partial charge in [0.25, 0.3) is 0 Å². The summed E-state index contributed by atoms with van der Waals surface area (Å²) >= 11 is 0. The molecule has 2 fully saturated rings. The highest BCUT2D eigenvalue weighted by atomic mass is 19.1. The van der Waals surface area contributed by atoms with Gasteiger partial charge in [0.15, 0.2) is 23.1 Å². The van der Waals surface area contributed by atoms with E-state index in [4.69, 9.17) is 9.26 Å². The minimum absolute atomic E-state index is 0.00903. The van der Waals surface area contributed by atoms with Crippen molar-refractivity contribution in [3.8, 4) is 0 Å². The monoisotopic (exact) mass is 520 g/mol. The second kappa shape index (κ2) is 8.80. The number of halogens is 1. The average molecular weight is 521 g/mol. The zero-order chi connectivity index (χ0) is 26.8. The number of ketones is 2. The highest BCUT2D eigenvalue weighted by Gasteiger charge is 2.62. The molecule has 1 N–H and O–H groups in total. The van der Waals surface area contributed by atoms with E-state index in [9.17, 15) is 19.2 Å². The summed E-state index contributed by atoms with van der Waals surface area (Å²) in [4.78, 5) is 57.5. The summed E-state index contributed by atoms with van der Waals surface area (Å²) in [6.45, 7) is 3.78. The summed E-state index contributed by atoms with van der Waals surface area (Å²) in [6, 6.07) is 4.37. The Kier molecular flexibility index (Phi) is 5.64. The van der Waals surface area contributed by atoms with Gasteiger partial charge in [0, 0.05) is 25.4 Å². The van der Waals surface area contributed by atoms with Crippen LogP contribution in [-0.4, -0.2) is 58.3 Å². The van der Waals surface area contributed by atoms with Crippen molar-refractivity contribution in [2.75, 3.05) is 11.4 Å². The highest BCUT2D eigenvalue weighted by molar-refractivity contribution is 6.22. The minimum atomic E-state index is -1.65. The Morgan fingerprint density at radius 1 is 1.24 bits per heavy atom. The number of rotatable bonds is 4. The van der Waals surface area contributed by atoms with E-state index in [1.165, 1.54) is 0 Å². The number of Topliss-reactive ketones (excluding diaryl/α,β-unsaturated/α-hetero) is 2. The molecule has 11 heteroatoms. The van der Waals surface area contributed by atoms with E-state index >= 15 is 4.39 Å². The molecule has 4 atom stereocenters. The molecule has 0 bridgehead atoms. The molecule has 2 aromatic heterocycles. The molecular formula is C27H25FN4O6. The van der Waals surface area contributed by atoms with Crippen molar-refractivity contribution >= 4 is 40.0 Å². The minimum Gasteiger partial charge on any atom is -0.372 e. The zero-order valence-corrected chi connectivity index (χ0v) is 20.8. The summed E-state index contributed by atoms with van der Waals surface area (Å²) in [5.41, 5.74) is -0.332. The lowest BCUT2D eigenvalue weighted by molar-refractivity contribution is -0.158. The molecular weight excluding hydrogens is 495 g/mol. The first kappa shape index (κ1) is 24.4. The number of aryl methyl sites for hydroxylation is 1. The number of anilines is 1. The SMILES string of the molecule is C[C@@H]1CN2c3c(cc4c(C(=O)CCc5ccncc5)noc4c3F)CC3(C(=O)CC(=O)NC3=O)[C@H]2[C@H](C)O1. The van der Waals surface area contributed by atoms with E-state index in [1.54, 1.807) is 42.4 Å². The van der Waals surface area contributed by atoms with Crippen LogP contribution in [0.3, 0.4) is 0 Å². The van der Waals surface area contributed by atoms with Gasteiger partial charge < -0.3 is 14.2 Å². The van der Waals surface area contributed by atoms with Crippen LogP contribution in [0.1, 0.15) is 48.3 Å². The number of hydrogen-bond acceptors (Lipinski definition) is 9. The fraction of sp³-hybridized carbons (Fsp3) is 0.407. The van der Waals surface area contributed by atoms with Crippen LogP contribution >= 0.6 is 0 Å². The summed E-state index contributed by atoms with van der Waals surface area (Å²) in [7, 11) is 0. The molecule has 1 unspecified atom stereocenters. The van der Waals surface area contributed by atoms with Gasteiger partial charge in [-0.3, -0.25) is 29.5 Å². The molecule has 10 nitrogen and oxygen atoms in total. The van der Waals surface area contributed by atoms with Gasteiger partial charge >= 0.3 is 0 Å². The van der Waals surface area contributed by atoms with E-state index < -0.39 is 47.4 Å². The lowest BCUT2D eigenvalue weighted by atomic mass is 9.63. The predicted octanol–water partition coefficient (Wildman–Crippen LogP) is 2.32. The molecule has 5 heterocycles. The van der Waals surface area contributed by atoms with Crippen LogP contribution in [0.2, 0.25) is 0 Å². The van der Waals surface area contributed by atoms with E-state index in [1.807, 2.05) is 6.92 Å². The molecule has 2 saturated heterocycles. The number of ether oxygens (including phenoxy) is 1. The molecule has 0 aliphatic carbocycles. The predicted molar refractivity (Wildman–Crippen MR) is 131 cm³/mol. The zero-order valence-electron chi connectivity index (χ0n) is 20.8. The fourth-order valence-electron chi connectivity index (χ4n) is 6.27. The molecule has 0 saturated carbocycles. The lowest BCUT2D eigenvalue weighted by Gasteiger charge is -2.55. The summed E-state index contributed by atoms with van der Waals surface area (Å²) < 4.78 is 27.5. The molecule has 3 aliphatic heterocycles. The molecule has 1 aromatic carbocycles. The maximum Gasteiger partial charge on any atom is 0.242 e. The standard InChI is InChI=1S/C27H25FN4O6/c1-13-12-32-23-16(11-27(25(32)14(2)37-13)19(34)10-20(35)30-26(27)36)9-17-22(31-38-24(17)21(23)28)18(33)4-3-15-5-7-29-8-6-15/h5-9,13-14,25H,3-4,10-12H2,1-2H3,(H,30,35,36)/t13-,14+,25-,27?/m1/s1. The molecule has 3 aromatic rings. The van der Waals surface area contributed by atoms with E-state index in [0.29, 0.717) is 12.0 Å². The van der Waals surface area contributed by atoms with Crippen LogP contribution in [0.4, 0.5) is 10.1 Å². The number of morpholine rings is 1. The number of nitrogens with zero attached hydrogens (tertiary/aromatic N) is 3. The van der Waals surface area contributed by atoms with Crippen molar-refractivity contribution in [2.24, 2.45) is 5.41 Å². The van der Waals surface area contributed by atoms with E-state index in [2.05, 4.69) is 15.5 Å². The third kappa shape index (κ3) is 3.56. The van der Waals surface area contributed by atoms with Gasteiger partial charge in [-0.05, 0) is 56.0 Å². The van der Waals surface area contributed by atoms with Crippen molar-refractivity contribution in [2.45, 2.75) is 57.8 Å². The highest BCUT2D eigenvalue weighted by Crippen LogP contribution is 2.50. The number of nitrogens with one attached hydrogen (secondary N) is 1. The van der Waals surface area contributed by atoms with Crippen LogP contribution in [-0.2, 0) is 32.0 Å². The summed E-state index contributed by atoms with van der Waals surface area (Å²) in [5, 5.41) is 6.40. The van der Waals surface area contributed by atoms with Crippen molar-refractivity contribution in [1.82, 2.24) is 15.5 Å². The van der Waals surface area contributed by atoms with Crippen LogP contribution in [0, 0.1) is 11.2 Å². The molecule has 2 amide bonds. The van der Waals surface area contributed by atoms with Crippen LogP contribution in [0.5, 0.6) is 0 Å². The Morgan fingerprint density at radius 3 is 2.74 bits per heavy atom. The van der Waals surface area contributed by atoms with Gasteiger partial charge in [-0.15, -0.1) is 0 Å². The third-order valence-corrected chi connectivity index (χ3v) is 7.83. The van der Waals surface area contributed by atoms with Crippen molar-refractivity contribution in [3.05, 3.63) is 53.2 Å². The molecule has 196 valence electrons. The Labute approximate surface area is 216 Å². The molecule has 0 radical (unpaired) electrons. The number of amides is 2. The summed E-state index contributed by atoms with van der Waals surface area (Å²) in [6.07, 6.45) is 2.32. The normalized spacial score (nSPS) is 26.9. The first-order valence-corrected chi connectivity index (χ1v) is 12.5. The van der Waals surface area contributed by atoms with Gasteiger partial charge in [0.1, 0.15) is 5.41 Å². The van der Waals surface area contributed by atoms with Gasteiger partial charge in [-0.25, -0.2) is 4.39 Å². The average Bonchev–Trinajstić information content (AvgIpc) is 3.30. The topological polar surface area (TPSA) is 132 Å². The van der Waals surface area contributed by atoms with Crippen molar-refractivity contribution in [3.63, 3.8) is 0 Å². The second-order valence-corrected chi connectivity index (χ2v) is 10.3.